The quantitative estimate of drug-likeness (QED) is 0.112. The maximum atomic E-state index is 12.7. The minimum absolute atomic E-state index is 0.0767. The number of ether oxygens (including phenoxy) is 2. The highest BCUT2D eigenvalue weighted by Crippen LogP contribution is 2.29. The van der Waals surface area contributed by atoms with E-state index in [1.807, 2.05) is 73.7 Å². The summed E-state index contributed by atoms with van der Waals surface area (Å²) in [6, 6.07) is 19.2. The normalized spacial score (nSPS) is 22.1. The Balaban J connectivity index is 0.000000230. The topological polar surface area (TPSA) is 148 Å². The number of carbonyl (C=O) groups excluding carboxylic acids is 5. The van der Waals surface area contributed by atoms with Crippen LogP contribution in [0.2, 0.25) is 0 Å². The van der Waals surface area contributed by atoms with Gasteiger partial charge < -0.3 is 14.6 Å². The van der Waals surface area contributed by atoms with Gasteiger partial charge in [-0.1, -0.05) is 127 Å². The standard InChI is InChI=1S/C18H21NO3.C13H13NO3.C8H11ClO.C8H12O2.C5H8/c1-13-7-9-15(10-8-13)17(20)19-16(12-22-18(19)21)11-14-5-3-2-4-6-14;1-2-12(15)14-11(9-17-13(14)16)8-10-6-4-3-5-7-10;2*1-6-2-4-7(5-3-6)8(9)10;1-4-5(2)3/h2-7,15-16H,8-12H2,1H3;2-7,11H,1,8-9H2;2,7H,3-5H2,1H3;2,7H,3-5H2,1H3,(H,9,10);4H,1-2H2,3H3/t15-,16-;11-;2*7-;/m0000./s1. The van der Waals surface area contributed by atoms with E-state index in [0.717, 1.165) is 85.5 Å². The summed E-state index contributed by atoms with van der Waals surface area (Å²) in [7, 11) is 0. The van der Waals surface area contributed by atoms with E-state index in [4.69, 9.17) is 26.2 Å². The summed E-state index contributed by atoms with van der Waals surface area (Å²) >= 11 is 5.34. The minimum Gasteiger partial charge on any atom is -0.481 e. The van der Waals surface area contributed by atoms with Crippen LogP contribution < -0.4 is 0 Å². The first-order valence-corrected chi connectivity index (χ1v) is 22.3. The van der Waals surface area contributed by atoms with E-state index >= 15 is 0 Å². The molecule has 344 valence electrons. The van der Waals surface area contributed by atoms with Crippen molar-refractivity contribution in [2.45, 2.75) is 110 Å². The van der Waals surface area contributed by atoms with Crippen LogP contribution in [0.5, 0.6) is 0 Å². The molecule has 2 saturated heterocycles. The molecule has 1 N–H and O–H groups in total. The van der Waals surface area contributed by atoms with Gasteiger partial charge in [0.2, 0.25) is 11.1 Å². The number of aliphatic carboxylic acids is 1. The van der Waals surface area contributed by atoms with Crippen molar-refractivity contribution in [1.29, 1.82) is 0 Å². The number of rotatable bonds is 9. The molecule has 0 unspecified atom stereocenters. The van der Waals surface area contributed by atoms with E-state index in [1.165, 1.54) is 21.6 Å². The van der Waals surface area contributed by atoms with E-state index in [-0.39, 0.29) is 47.6 Å². The lowest BCUT2D eigenvalue weighted by Gasteiger charge is -2.26. The highest BCUT2D eigenvalue weighted by Gasteiger charge is 2.41. The molecule has 12 heteroatoms. The van der Waals surface area contributed by atoms with Crippen molar-refractivity contribution in [2.75, 3.05) is 13.2 Å². The number of halogens is 1. The van der Waals surface area contributed by atoms with E-state index in [9.17, 15) is 28.8 Å². The van der Waals surface area contributed by atoms with Crippen molar-refractivity contribution in [3.05, 3.63) is 144 Å². The zero-order chi connectivity index (χ0) is 47.2. The molecular formula is C52H65ClN2O9. The Bertz CT molecular complexity index is 2000. The molecule has 4 amide bonds. The lowest BCUT2D eigenvalue weighted by Crippen LogP contribution is -2.43. The molecule has 64 heavy (non-hydrogen) atoms. The average molecular weight is 898 g/mol. The van der Waals surface area contributed by atoms with Crippen molar-refractivity contribution in [3.63, 3.8) is 0 Å². The molecule has 11 nitrogen and oxygen atoms in total. The van der Waals surface area contributed by atoms with Gasteiger partial charge in [-0.2, -0.15) is 0 Å². The number of carbonyl (C=O) groups is 6. The number of carboxylic acids is 1. The molecule has 0 aromatic heterocycles. The van der Waals surface area contributed by atoms with Crippen LogP contribution >= 0.6 is 11.6 Å². The van der Waals surface area contributed by atoms with E-state index in [1.54, 1.807) is 6.08 Å². The van der Waals surface area contributed by atoms with Crippen LogP contribution in [0.3, 0.4) is 0 Å². The SMILES string of the molecule is C=CC(=C)C.C=CC(=O)N1C(=O)OC[C@@H]1Cc1ccccc1.CC1=CC[C@H](C(=O)Cl)CC1.CC1=CC[C@H](C(=O)N2C(=O)OC[C@@H]2Cc2ccccc2)CC1.CC1=CC[C@H](C(=O)O)CC1. The fraction of sp³-hybridized carbons (Fsp3) is 0.423. The van der Waals surface area contributed by atoms with Crippen molar-refractivity contribution in [2.24, 2.45) is 17.8 Å². The molecule has 0 radical (unpaired) electrons. The average Bonchev–Trinajstić information content (AvgIpc) is 3.85. The highest BCUT2D eigenvalue weighted by atomic mass is 35.5. The van der Waals surface area contributed by atoms with Crippen LogP contribution in [0.4, 0.5) is 9.59 Å². The maximum absolute atomic E-state index is 12.7. The molecule has 2 heterocycles. The fourth-order valence-corrected chi connectivity index (χ4v) is 7.58. The first kappa shape index (κ1) is 52.5. The van der Waals surface area contributed by atoms with Crippen LogP contribution in [0, 0.1) is 17.8 Å². The van der Waals surface area contributed by atoms with Gasteiger partial charge in [0.05, 0.1) is 18.0 Å². The van der Waals surface area contributed by atoms with Gasteiger partial charge in [0.1, 0.15) is 13.2 Å². The molecular weight excluding hydrogens is 832 g/mol. The summed E-state index contributed by atoms with van der Waals surface area (Å²) in [6.07, 6.45) is 17.1. The molecule has 3 aliphatic carbocycles. The number of allylic oxidation sites excluding steroid dienone is 8. The summed E-state index contributed by atoms with van der Waals surface area (Å²) in [5, 5.41) is 8.42. The number of hydrogen-bond acceptors (Lipinski definition) is 8. The monoisotopic (exact) mass is 896 g/mol. The molecule has 0 spiro atoms. The minimum atomic E-state index is -0.649. The Kier molecular flexibility index (Phi) is 22.5. The Morgan fingerprint density at radius 2 is 1.06 bits per heavy atom. The lowest BCUT2D eigenvalue weighted by atomic mass is 9.89. The second-order valence-electron chi connectivity index (χ2n) is 16.7. The smallest absolute Gasteiger partial charge is 0.417 e. The molecule has 2 fully saturated rings. The Morgan fingerprint density at radius 1 is 0.672 bits per heavy atom. The number of hydrogen-bond donors (Lipinski definition) is 1. The zero-order valence-electron chi connectivity index (χ0n) is 37.8. The lowest BCUT2D eigenvalue weighted by molar-refractivity contribution is -0.142. The number of cyclic esters (lactones) is 2. The van der Waals surface area contributed by atoms with E-state index in [0.29, 0.717) is 19.4 Å². The maximum Gasteiger partial charge on any atom is 0.417 e. The highest BCUT2D eigenvalue weighted by molar-refractivity contribution is 6.64. The molecule has 2 aromatic rings. The zero-order valence-corrected chi connectivity index (χ0v) is 38.6. The van der Waals surface area contributed by atoms with Gasteiger partial charge in [0.15, 0.2) is 0 Å². The van der Waals surface area contributed by atoms with Crippen LogP contribution in [0.1, 0.15) is 96.6 Å². The number of nitrogens with zero attached hydrogens (tertiary/aromatic N) is 2. The van der Waals surface area contributed by atoms with Gasteiger partial charge in [-0.3, -0.25) is 19.2 Å². The molecule has 5 aliphatic rings. The number of amides is 4. The predicted octanol–water partition coefficient (Wildman–Crippen LogP) is 11.1. The van der Waals surface area contributed by atoms with Crippen LogP contribution in [0.15, 0.2) is 133 Å². The van der Waals surface area contributed by atoms with Crippen molar-refractivity contribution in [1.82, 2.24) is 9.80 Å². The third kappa shape index (κ3) is 17.8. The number of benzene rings is 2. The molecule has 7 rings (SSSR count). The Morgan fingerprint density at radius 3 is 1.42 bits per heavy atom. The van der Waals surface area contributed by atoms with Crippen molar-refractivity contribution in [3.8, 4) is 0 Å². The summed E-state index contributed by atoms with van der Waals surface area (Å²) in [6.45, 7) is 19.1. The Hall–Kier alpha value is -5.81. The van der Waals surface area contributed by atoms with E-state index < -0.39 is 24.1 Å². The molecule has 5 atom stereocenters. The van der Waals surface area contributed by atoms with Crippen molar-refractivity contribution >= 4 is 46.8 Å². The third-order valence-corrected chi connectivity index (χ3v) is 11.8. The summed E-state index contributed by atoms with van der Waals surface area (Å²) in [4.78, 5) is 71.2. The summed E-state index contributed by atoms with van der Waals surface area (Å²) < 4.78 is 10.0. The molecule has 0 bridgehead atoms. The summed E-state index contributed by atoms with van der Waals surface area (Å²) in [5.41, 5.74) is 7.24. The largest absolute Gasteiger partial charge is 0.481 e. The van der Waals surface area contributed by atoms with Gasteiger partial charge in [0.25, 0.3) is 5.91 Å². The van der Waals surface area contributed by atoms with Crippen LogP contribution in [0.25, 0.3) is 0 Å². The van der Waals surface area contributed by atoms with Crippen LogP contribution in [-0.2, 0) is 41.5 Å². The number of carboxylic acid groups (broad SMARTS) is 1. The fourth-order valence-electron chi connectivity index (χ4n) is 7.38. The second-order valence-corrected chi connectivity index (χ2v) is 17.1. The van der Waals surface area contributed by atoms with Gasteiger partial charge in [0, 0.05) is 11.8 Å². The second kappa shape index (κ2) is 27.4. The van der Waals surface area contributed by atoms with Gasteiger partial charge in [-0.25, -0.2) is 19.4 Å². The van der Waals surface area contributed by atoms with Crippen LogP contribution in [-0.4, -0.2) is 75.4 Å². The Labute approximate surface area is 384 Å². The first-order valence-electron chi connectivity index (χ1n) is 21.9. The van der Waals surface area contributed by atoms with Gasteiger partial charge in [-0.05, 0) is 127 Å². The number of imide groups is 2. The first-order chi connectivity index (χ1) is 30.5. The molecule has 2 aliphatic heterocycles. The van der Waals surface area contributed by atoms with Crippen molar-refractivity contribution < 1.29 is 43.3 Å². The molecule has 0 saturated carbocycles. The summed E-state index contributed by atoms with van der Waals surface area (Å²) in [5.74, 6) is -1.26. The third-order valence-electron chi connectivity index (χ3n) is 11.5. The van der Waals surface area contributed by atoms with Gasteiger partial charge in [-0.15, -0.1) is 0 Å². The van der Waals surface area contributed by atoms with E-state index in [2.05, 4.69) is 52.7 Å². The predicted molar refractivity (Wildman–Crippen MR) is 251 cm³/mol. The molecule has 2 aromatic carbocycles. The van der Waals surface area contributed by atoms with Gasteiger partial charge >= 0.3 is 18.2 Å².